The summed E-state index contributed by atoms with van der Waals surface area (Å²) >= 11 is 5.65. The lowest BCUT2D eigenvalue weighted by Gasteiger charge is -1.97. The summed E-state index contributed by atoms with van der Waals surface area (Å²) in [6.45, 7) is -0.0726. The van der Waals surface area contributed by atoms with Crippen LogP contribution in [0.4, 0.5) is 5.69 Å². The molecule has 0 saturated heterocycles. The van der Waals surface area contributed by atoms with E-state index in [9.17, 15) is 15.0 Å². The van der Waals surface area contributed by atoms with Crippen LogP contribution in [0.2, 0.25) is 5.02 Å². The normalized spacial score (nSPS) is 9.62. The fourth-order valence-corrected chi connectivity index (χ4v) is 1.08. The van der Waals surface area contributed by atoms with Gasteiger partial charge in [0.05, 0.1) is 9.95 Å². The molecule has 0 N–H and O–H groups in total. The molecule has 0 aromatic heterocycles. The minimum absolute atomic E-state index is 0.0726. The van der Waals surface area contributed by atoms with Gasteiger partial charge >= 0.3 is 0 Å². The van der Waals surface area contributed by atoms with Crippen molar-refractivity contribution in [3.8, 4) is 0 Å². The molecule has 68 valence electrons. The number of nitrogens with zero attached hydrogens (tertiary/aromatic N) is 2. The molecular formula is C7H5ClN2O3. The van der Waals surface area contributed by atoms with E-state index in [0.29, 0.717) is 5.56 Å². The van der Waals surface area contributed by atoms with Crippen molar-refractivity contribution in [3.63, 3.8) is 0 Å². The molecule has 0 amide bonds. The summed E-state index contributed by atoms with van der Waals surface area (Å²) in [5, 5.41) is 13.1. The summed E-state index contributed by atoms with van der Waals surface area (Å²) < 4.78 is 0. The van der Waals surface area contributed by atoms with Gasteiger partial charge in [0.1, 0.15) is 6.54 Å². The van der Waals surface area contributed by atoms with Crippen LogP contribution in [0, 0.1) is 15.0 Å². The maximum atomic E-state index is 10.3. The predicted octanol–water partition coefficient (Wildman–Crippen LogP) is 2.51. The molecule has 0 radical (unpaired) electrons. The molecule has 13 heavy (non-hydrogen) atoms. The Morgan fingerprint density at radius 3 is 2.69 bits per heavy atom. The summed E-state index contributed by atoms with van der Waals surface area (Å²) in [4.78, 5) is 19.6. The third-order valence-corrected chi connectivity index (χ3v) is 1.83. The van der Waals surface area contributed by atoms with E-state index in [1.807, 2.05) is 0 Å². The van der Waals surface area contributed by atoms with Gasteiger partial charge in [0.2, 0.25) is 0 Å². The van der Waals surface area contributed by atoms with E-state index in [1.165, 1.54) is 18.2 Å². The summed E-state index contributed by atoms with van der Waals surface area (Å²) in [5.41, 5.74) is 0.391. The number of rotatable bonds is 3. The Kier molecular flexibility index (Phi) is 2.92. The van der Waals surface area contributed by atoms with Crippen molar-refractivity contribution in [1.82, 2.24) is 0 Å². The Bertz CT molecular complexity index is 354. The van der Waals surface area contributed by atoms with Crippen molar-refractivity contribution in [2.75, 3.05) is 0 Å². The Morgan fingerprint density at radius 1 is 1.54 bits per heavy atom. The van der Waals surface area contributed by atoms with Crippen LogP contribution in [0.15, 0.2) is 23.4 Å². The zero-order valence-electron chi connectivity index (χ0n) is 6.44. The average molecular weight is 201 g/mol. The first-order valence-electron chi connectivity index (χ1n) is 3.37. The number of hydrogen-bond acceptors (Lipinski definition) is 4. The second-order valence-corrected chi connectivity index (χ2v) is 2.73. The van der Waals surface area contributed by atoms with Gasteiger partial charge in [-0.2, -0.15) is 4.91 Å². The molecule has 0 unspecified atom stereocenters. The van der Waals surface area contributed by atoms with Crippen LogP contribution in [-0.4, -0.2) is 4.92 Å². The molecule has 1 aromatic carbocycles. The molecule has 1 aromatic rings. The van der Waals surface area contributed by atoms with E-state index in [0.717, 1.165) is 0 Å². The zero-order chi connectivity index (χ0) is 9.84. The molecule has 0 atom stereocenters. The molecule has 0 fully saturated rings. The summed E-state index contributed by atoms with van der Waals surface area (Å²) in [6, 6.07) is 3.90. The van der Waals surface area contributed by atoms with Crippen LogP contribution in [0.3, 0.4) is 0 Å². The number of nitro groups is 1. The number of benzene rings is 1. The molecule has 0 heterocycles. The number of nitro benzene ring substituents is 1. The molecule has 0 bridgehead atoms. The van der Waals surface area contributed by atoms with Crippen molar-refractivity contribution >= 4 is 17.3 Å². The average Bonchev–Trinajstić information content (AvgIpc) is 2.08. The number of halogens is 1. The molecule has 0 spiro atoms. The van der Waals surface area contributed by atoms with Gasteiger partial charge in [0, 0.05) is 12.1 Å². The van der Waals surface area contributed by atoms with Gasteiger partial charge in [0.15, 0.2) is 0 Å². The largest absolute Gasteiger partial charge is 0.270 e. The number of non-ortho nitro benzene ring substituents is 1. The second kappa shape index (κ2) is 3.95. The lowest BCUT2D eigenvalue weighted by molar-refractivity contribution is -0.384. The Morgan fingerprint density at radius 2 is 2.23 bits per heavy atom. The lowest BCUT2D eigenvalue weighted by atomic mass is 10.2. The van der Waals surface area contributed by atoms with Crippen LogP contribution < -0.4 is 0 Å². The van der Waals surface area contributed by atoms with Crippen LogP contribution in [0.1, 0.15) is 5.56 Å². The fraction of sp³-hybridized carbons (Fsp3) is 0.143. The highest BCUT2D eigenvalue weighted by atomic mass is 35.5. The molecule has 6 heteroatoms. The first kappa shape index (κ1) is 9.60. The smallest absolute Gasteiger partial charge is 0.258 e. The monoisotopic (exact) mass is 200 g/mol. The maximum absolute atomic E-state index is 10.3. The van der Waals surface area contributed by atoms with Crippen LogP contribution in [0.5, 0.6) is 0 Å². The minimum atomic E-state index is -0.552. The van der Waals surface area contributed by atoms with Crippen LogP contribution in [-0.2, 0) is 6.54 Å². The second-order valence-electron chi connectivity index (χ2n) is 2.32. The first-order chi connectivity index (χ1) is 6.15. The molecule has 0 aliphatic heterocycles. The van der Waals surface area contributed by atoms with Crippen LogP contribution >= 0.6 is 11.6 Å². The van der Waals surface area contributed by atoms with Gasteiger partial charge in [-0.3, -0.25) is 10.1 Å². The van der Waals surface area contributed by atoms with Crippen LogP contribution in [0.25, 0.3) is 0 Å². The van der Waals surface area contributed by atoms with Gasteiger partial charge < -0.3 is 0 Å². The number of hydrogen-bond donors (Lipinski definition) is 0. The molecule has 1 rings (SSSR count). The SMILES string of the molecule is O=NCc1ccc([N+](=O)[O-])cc1Cl. The Balaban J connectivity index is 3.04. The highest BCUT2D eigenvalue weighted by Gasteiger charge is 2.08. The van der Waals surface area contributed by atoms with Crippen molar-refractivity contribution < 1.29 is 4.92 Å². The highest BCUT2D eigenvalue weighted by Crippen LogP contribution is 2.22. The van der Waals surface area contributed by atoms with Crippen molar-refractivity contribution in [2.24, 2.45) is 5.18 Å². The van der Waals surface area contributed by atoms with E-state index in [1.54, 1.807) is 0 Å². The summed E-state index contributed by atoms with van der Waals surface area (Å²) in [6.07, 6.45) is 0. The summed E-state index contributed by atoms with van der Waals surface area (Å²) in [5.74, 6) is 0. The lowest BCUT2D eigenvalue weighted by Crippen LogP contribution is -1.89. The standard InChI is InChI=1S/C7H5ClN2O3/c8-7-3-6(10(12)13)2-1-5(7)4-9-11/h1-3H,4H2. The topological polar surface area (TPSA) is 72.6 Å². The fourth-order valence-electron chi connectivity index (χ4n) is 0.848. The van der Waals surface area contributed by atoms with Crippen molar-refractivity contribution in [1.29, 1.82) is 0 Å². The van der Waals surface area contributed by atoms with Gasteiger partial charge in [0.25, 0.3) is 5.69 Å². The van der Waals surface area contributed by atoms with E-state index < -0.39 is 4.92 Å². The minimum Gasteiger partial charge on any atom is -0.258 e. The number of nitroso groups, excluding NO2 is 1. The van der Waals surface area contributed by atoms with Gasteiger partial charge in [-0.1, -0.05) is 16.8 Å². The highest BCUT2D eigenvalue weighted by molar-refractivity contribution is 6.31. The Hall–Kier alpha value is -1.49. The molecular weight excluding hydrogens is 196 g/mol. The maximum Gasteiger partial charge on any atom is 0.270 e. The molecule has 0 aliphatic carbocycles. The molecule has 0 aliphatic rings. The predicted molar refractivity (Wildman–Crippen MR) is 47.6 cm³/mol. The molecule has 5 nitrogen and oxygen atoms in total. The third-order valence-electron chi connectivity index (χ3n) is 1.48. The van der Waals surface area contributed by atoms with E-state index >= 15 is 0 Å². The van der Waals surface area contributed by atoms with Crippen molar-refractivity contribution in [3.05, 3.63) is 43.8 Å². The summed E-state index contributed by atoms with van der Waals surface area (Å²) in [7, 11) is 0. The van der Waals surface area contributed by atoms with Gasteiger partial charge in [-0.05, 0) is 11.6 Å². The van der Waals surface area contributed by atoms with E-state index in [4.69, 9.17) is 11.6 Å². The zero-order valence-corrected chi connectivity index (χ0v) is 7.19. The van der Waals surface area contributed by atoms with E-state index in [-0.39, 0.29) is 17.3 Å². The third kappa shape index (κ3) is 2.22. The van der Waals surface area contributed by atoms with Crippen molar-refractivity contribution in [2.45, 2.75) is 6.54 Å². The van der Waals surface area contributed by atoms with Gasteiger partial charge in [-0.25, -0.2) is 0 Å². The quantitative estimate of drug-likeness (QED) is 0.428. The van der Waals surface area contributed by atoms with E-state index in [2.05, 4.69) is 5.18 Å². The Labute approximate surface area is 78.4 Å². The van der Waals surface area contributed by atoms with Gasteiger partial charge in [-0.15, -0.1) is 0 Å². The first-order valence-corrected chi connectivity index (χ1v) is 3.75. The molecule has 0 saturated carbocycles.